The fourth-order valence-corrected chi connectivity index (χ4v) is 1.10. The second kappa shape index (κ2) is 3.59. The fourth-order valence-electron chi connectivity index (χ4n) is 1.10. The third-order valence-corrected chi connectivity index (χ3v) is 2.73. The predicted molar refractivity (Wildman–Crippen MR) is 49.6 cm³/mol. The SMILES string of the molecule is BCC(C)NCC1(CO)CC1. The number of hydrogen-bond donors (Lipinski definition) is 2. The van der Waals surface area contributed by atoms with E-state index in [4.69, 9.17) is 5.11 Å². The highest BCUT2D eigenvalue weighted by molar-refractivity contribution is 6.08. The lowest BCUT2D eigenvalue weighted by Crippen LogP contribution is -2.33. The molecule has 1 fully saturated rings. The Morgan fingerprint density at radius 2 is 2.27 bits per heavy atom. The molecule has 0 bridgehead atoms. The first kappa shape index (κ1) is 9.08. The van der Waals surface area contributed by atoms with Crippen molar-refractivity contribution < 1.29 is 5.11 Å². The highest BCUT2D eigenvalue weighted by Gasteiger charge is 2.41. The first-order chi connectivity index (χ1) is 5.22. The van der Waals surface area contributed by atoms with Crippen molar-refractivity contribution in [2.45, 2.75) is 32.1 Å². The van der Waals surface area contributed by atoms with E-state index in [1.54, 1.807) is 0 Å². The summed E-state index contributed by atoms with van der Waals surface area (Å²) in [4.78, 5) is 0. The van der Waals surface area contributed by atoms with Gasteiger partial charge in [-0.25, -0.2) is 0 Å². The zero-order valence-corrected chi connectivity index (χ0v) is 7.56. The summed E-state index contributed by atoms with van der Waals surface area (Å²) in [6.07, 6.45) is 3.57. The maximum absolute atomic E-state index is 9.00. The molecule has 0 amide bonds. The third kappa shape index (κ3) is 2.49. The first-order valence-electron chi connectivity index (χ1n) is 4.57. The lowest BCUT2D eigenvalue weighted by Gasteiger charge is -2.16. The molecular weight excluding hydrogens is 137 g/mol. The van der Waals surface area contributed by atoms with Gasteiger partial charge < -0.3 is 10.4 Å². The molecule has 1 aliphatic rings. The van der Waals surface area contributed by atoms with Crippen molar-refractivity contribution in [3.8, 4) is 0 Å². The van der Waals surface area contributed by atoms with Crippen LogP contribution in [0.15, 0.2) is 0 Å². The molecule has 0 heterocycles. The lowest BCUT2D eigenvalue weighted by molar-refractivity contribution is 0.205. The standard InChI is InChI=1S/C8H18BNO/c1-7(4-9)10-5-8(6-11)2-3-8/h7,10-11H,2-6,9H2,1H3. The largest absolute Gasteiger partial charge is 0.396 e. The Morgan fingerprint density at radius 3 is 2.64 bits per heavy atom. The van der Waals surface area contributed by atoms with Crippen LogP contribution in [0, 0.1) is 5.41 Å². The predicted octanol–water partition coefficient (Wildman–Crippen LogP) is -0.212. The summed E-state index contributed by atoms with van der Waals surface area (Å²) in [7, 11) is 2.18. The molecule has 1 unspecified atom stereocenters. The van der Waals surface area contributed by atoms with Crippen LogP contribution in [0.1, 0.15) is 19.8 Å². The van der Waals surface area contributed by atoms with Crippen molar-refractivity contribution in [2.75, 3.05) is 13.2 Å². The molecule has 3 heteroatoms. The van der Waals surface area contributed by atoms with Gasteiger partial charge in [0, 0.05) is 18.6 Å². The van der Waals surface area contributed by atoms with E-state index in [1.807, 2.05) is 0 Å². The molecule has 0 aromatic rings. The monoisotopic (exact) mass is 155 g/mol. The Kier molecular flexibility index (Phi) is 2.96. The van der Waals surface area contributed by atoms with Crippen molar-refractivity contribution in [3.63, 3.8) is 0 Å². The second-order valence-corrected chi connectivity index (χ2v) is 3.85. The molecular formula is C8H18BNO. The highest BCUT2D eigenvalue weighted by Crippen LogP contribution is 2.44. The van der Waals surface area contributed by atoms with Gasteiger partial charge in [-0.15, -0.1) is 0 Å². The summed E-state index contributed by atoms with van der Waals surface area (Å²) in [6.45, 7) is 3.54. The van der Waals surface area contributed by atoms with Crippen LogP contribution >= 0.6 is 0 Å². The number of hydrogen-bond acceptors (Lipinski definition) is 2. The minimum atomic E-state index is 0.267. The van der Waals surface area contributed by atoms with Crippen LogP contribution in [0.4, 0.5) is 0 Å². The summed E-state index contributed by atoms with van der Waals surface area (Å²) >= 11 is 0. The zero-order chi connectivity index (χ0) is 8.32. The van der Waals surface area contributed by atoms with E-state index in [9.17, 15) is 0 Å². The van der Waals surface area contributed by atoms with Gasteiger partial charge in [-0.2, -0.15) is 0 Å². The van der Waals surface area contributed by atoms with Gasteiger partial charge in [-0.05, 0) is 18.9 Å². The van der Waals surface area contributed by atoms with Gasteiger partial charge in [0.05, 0.1) is 0 Å². The smallest absolute Gasteiger partial charge is 0.103 e. The summed E-state index contributed by atoms with van der Waals surface area (Å²) in [5.41, 5.74) is 0.267. The fraction of sp³-hybridized carbons (Fsp3) is 1.00. The van der Waals surface area contributed by atoms with Crippen molar-refractivity contribution in [1.82, 2.24) is 5.32 Å². The van der Waals surface area contributed by atoms with Crippen LogP contribution in [0.5, 0.6) is 0 Å². The van der Waals surface area contributed by atoms with E-state index in [0.717, 1.165) is 6.54 Å². The average molecular weight is 155 g/mol. The van der Waals surface area contributed by atoms with Crippen LogP contribution in [-0.4, -0.2) is 32.1 Å². The second-order valence-electron chi connectivity index (χ2n) is 3.85. The van der Waals surface area contributed by atoms with E-state index < -0.39 is 0 Å². The number of rotatable bonds is 5. The minimum absolute atomic E-state index is 0.267. The van der Waals surface area contributed by atoms with E-state index in [1.165, 1.54) is 19.2 Å². The summed E-state index contributed by atoms with van der Waals surface area (Å²) in [6, 6.07) is 0.596. The van der Waals surface area contributed by atoms with Crippen molar-refractivity contribution in [3.05, 3.63) is 0 Å². The summed E-state index contributed by atoms with van der Waals surface area (Å²) in [5, 5.41) is 12.4. The Morgan fingerprint density at radius 1 is 1.64 bits per heavy atom. The van der Waals surface area contributed by atoms with Gasteiger partial charge >= 0.3 is 0 Å². The molecule has 1 aliphatic carbocycles. The van der Waals surface area contributed by atoms with E-state index in [0.29, 0.717) is 12.6 Å². The Balaban J connectivity index is 2.11. The maximum Gasteiger partial charge on any atom is 0.103 e. The van der Waals surface area contributed by atoms with Crippen LogP contribution in [0.25, 0.3) is 0 Å². The molecule has 2 nitrogen and oxygen atoms in total. The van der Waals surface area contributed by atoms with Gasteiger partial charge in [0.2, 0.25) is 0 Å². The molecule has 0 aromatic heterocycles. The quantitative estimate of drug-likeness (QED) is 0.538. The van der Waals surface area contributed by atoms with Crippen LogP contribution in [0.2, 0.25) is 6.32 Å². The molecule has 2 N–H and O–H groups in total. The summed E-state index contributed by atoms with van der Waals surface area (Å²) < 4.78 is 0. The van der Waals surface area contributed by atoms with E-state index in [2.05, 4.69) is 20.1 Å². The molecule has 64 valence electrons. The van der Waals surface area contributed by atoms with Crippen molar-refractivity contribution >= 4 is 7.85 Å². The molecule has 0 saturated heterocycles. The molecule has 1 rings (SSSR count). The van der Waals surface area contributed by atoms with E-state index in [-0.39, 0.29) is 5.41 Å². The zero-order valence-electron chi connectivity index (χ0n) is 7.56. The van der Waals surface area contributed by atoms with Crippen molar-refractivity contribution in [1.29, 1.82) is 0 Å². The van der Waals surface area contributed by atoms with Gasteiger partial charge in [0.15, 0.2) is 0 Å². The Bertz CT molecular complexity index is 125. The number of aliphatic hydroxyl groups is 1. The van der Waals surface area contributed by atoms with Crippen molar-refractivity contribution in [2.24, 2.45) is 5.41 Å². The molecule has 0 aromatic carbocycles. The van der Waals surface area contributed by atoms with Crippen LogP contribution in [-0.2, 0) is 0 Å². The first-order valence-corrected chi connectivity index (χ1v) is 4.57. The molecule has 1 atom stereocenters. The molecule has 11 heavy (non-hydrogen) atoms. The molecule has 0 radical (unpaired) electrons. The van der Waals surface area contributed by atoms with Gasteiger partial charge in [0.25, 0.3) is 0 Å². The highest BCUT2D eigenvalue weighted by atomic mass is 16.3. The average Bonchev–Trinajstić information content (AvgIpc) is 2.81. The Hall–Kier alpha value is -0.0151. The third-order valence-electron chi connectivity index (χ3n) is 2.73. The van der Waals surface area contributed by atoms with Crippen LogP contribution < -0.4 is 5.32 Å². The van der Waals surface area contributed by atoms with E-state index >= 15 is 0 Å². The van der Waals surface area contributed by atoms with Crippen LogP contribution in [0.3, 0.4) is 0 Å². The lowest BCUT2D eigenvalue weighted by atomic mass is 9.98. The maximum atomic E-state index is 9.00. The Labute approximate surface area is 69.8 Å². The number of nitrogens with one attached hydrogen (secondary N) is 1. The molecule has 0 aliphatic heterocycles. The van der Waals surface area contributed by atoms with Gasteiger partial charge in [-0.3, -0.25) is 0 Å². The van der Waals surface area contributed by atoms with Gasteiger partial charge in [-0.1, -0.05) is 13.2 Å². The normalized spacial score (nSPS) is 23.1. The molecule has 0 spiro atoms. The minimum Gasteiger partial charge on any atom is -0.396 e. The number of aliphatic hydroxyl groups excluding tert-OH is 1. The topological polar surface area (TPSA) is 32.3 Å². The van der Waals surface area contributed by atoms with Gasteiger partial charge in [0.1, 0.15) is 7.85 Å². The summed E-state index contributed by atoms with van der Waals surface area (Å²) in [5.74, 6) is 0. The molecule has 1 saturated carbocycles.